The van der Waals surface area contributed by atoms with Crippen molar-refractivity contribution in [2.24, 2.45) is 7.05 Å². The van der Waals surface area contributed by atoms with E-state index >= 15 is 0 Å². The predicted molar refractivity (Wildman–Crippen MR) is 68.1 cm³/mol. The Balaban J connectivity index is 1.82. The minimum Gasteiger partial charge on any atom is -0.393 e. The third-order valence-corrected chi connectivity index (χ3v) is 3.69. The second-order valence-electron chi connectivity index (χ2n) is 4.23. The highest BCUT2D eigenvalue weighted by Gasteiger charge is 2.10. The Labute approximate surface area is 105 Å². The number of imidazole rings is 1. The summed E-state index contributed by atoms with van der Waals surface area (Å²) in [6.45, 7) is 1.97. The van der Waals surface area contributed by atoms with Crippen molar-refractivity contribution in [1.29, 1.82) is 0 Å². The van der Waals surface area contributed by atoms with Crippen LogP contribution < -0.4 is 0 Å². The quantitative estimate of drug-likeness (QED) is 0.880. The van der Waals surface area contributed by atoms with E-state index in [4.69, 9.17) is 0 Å². The summed E-state index contributed by atoms with van der Waals surface area (Å²) in [5.41, 5.74) is 1.03. The summed E-state index contributed by atoms with van der Waals surface area (Å²) in [7, 11) is 1.97. The zero-order valence-corrected chi connectivity index (χ0v) is 10.9. The molecule has 0 spiro atoms. The number of aryl methyl sites for hydroxylation is 3. The summed E-state index contributed by atoms with van der Waals surface area (Å²) in [5, 5.41) is 13.0. The Morgan fingerprint density at radius 2 is 2.35 bits per heavy atom. The fraction of sp³-hybridized carbons (Fsp3) is 0.500. The number of nitrogens with zero attached hydrogens (tertiary/aromatic N) is 3. The lowest BCUT2D eigenvalue weighted by molar-refractivity contribution is 0.164. The first-order valence-corrected chi connectivity index (χ1v) is 6.58. The van der Waals surface area contributed by atoms with Gasteiger partial charge in [-0.25, -0.2) is 9.97 Å². The molecule has 0 radical (unpaired) electrons. The molecule has 4 nitrogen and oxygen atoms in total. The van der Waals surface area contributed by atoms with Gasteiger partial charge in [-0.3, -0.25) is 0 Å². The molecule has 0 saturated heterocycles. The van der Waals surface area contributed by atoms with Crippen molar-refractivity contribution in [3.63, 3.8) is 0 Å². The minimum atomic E-state index is -0.336. The molecule has 1 N–H and O–H groups in total. The molecular weight excluding hydrogens is 234 g/mol. The molecule has 0 aromatic carbocycles. The second kappa shape index (κ2) is 5.42. The van der Waals surface area contributed by atoms with Crippen LogP contribution in [0.2, 0.25) is 0 Å². The molecule has 0 fully saturated rings. The van der Waals surface area contributed by atoms with Crippen LogP contribution in [-0.4, -0.2) is 25.7 Å². The monoisotopic (exact) mass is 251 g/mol. The number of hydrogen-bond donors (Lipinski definition) is 1. The van der Waals surface area contributed by atoms with Crippen molar-refractivity contribution in [2.45, 2.75) is 32.3 Å². The number of rotatable bonds is 5. The van der Waals surface area contributed by atoms with Crippen molar-refractivity contribution in [3.05, 3.63) is 34.3 Å². The molecular formula is C12H17N3OS. The average molecular weight is 251 g/mol. The van der Waals surface area contributed by atoms with E-state index in [2.05, 4.69) is 9.97 Å². The van der Waals surface area contributed by atoms with Crippen molar-refractivity contribution in [3.8, 4) is 0 Å². The molecule has 0 aliphatic rings. The van der Waals surface area contributed by atoms with Crippen LogP contribution in [0.25, 0.3) is 0 Å². The van der Waals surface area contributed by atoms with Gasteiger partial charge in [-0.15, -0.1) is 11.3 Å². The molecule has 2 aromatic heterocycles. The van der Waals surface area contributed by atoms with E-state index in [1.807, 2.05) is 30.1 Å². The zero-order valence-electron chi connectivity index (χ0n) is 10.1. The normalized spacial score (nSPS) is 12.9. The van der Waals surface area contributed by atoms with E-state index < -0.39 is 0 Å². The summed E-state index contributed by atoms with van der Waals surface area (Å²) in [5.74, 6) is 1.01. The van der Waals surface area contributed by atoms with Gasteiger partial charge in [0.1, 0.15) is 5.82 Å². The molecule has 0 saturated carbocycles. The SMILES string of the molecule is Cc1csc(CC(O)CCc2nccn2C)n1. The summed E-state index contributed by atoms with van der Waals surface area (Å²) < 4.78 is 1.99. The Morgan fingerprint density at radius 1 is 1.53 bits per heavy atom. The van der Waals surface area contributed by atoms with Crippen molar-refractivity contribution < 1.29 is 5.11 Å². The van der Waals surface area contributed by atoms with Gasteiger partial charge in [0.05, 0.1) is 11.1 Å². The van der Waals surface area contributed by atoms with Crippen LogP contribution in [0, 0.1) is 6.92 Å². The van der Waals surface area contributed by atoms with E-state index in [-0.39, 0.29) is 6.10 Å². The standard InChI is InChI=1S/C12H17N3OS/c1-9-8-17-12(14-9)7-10(16)3-4-11-13-5-6-15(11)2/h5-6,8,10,16H,3-4,7H2,1-2H3. The fourth-order valence-electron chi connectivity index (χ4n) is 1.73. The van der Waals surface area contributed by atoms with Crippen LogP contribution in [0.1, 0.15) is 22.9 Å². The highest BCUT2D eigenvalue weighted by molar-refractivity contribution is 7.09. The lowest BCUT2D eigenvalue weighted by Gasteiger charge is -2.08. The van der Waals surface area contributed by atoms with E-state index in [1.165, 1.54) is 0 Å². The van der Waals surface area contributed by atoms with Crippen LogP contribution in [0.15, 0.2) is 17.8 Å². The van der Waals surface area contributed by atoms with Gasteiger partial charge in [-0.1, -0.05) is 0 Å². The van der Waals surface area contributed by atoms with Crippen molar-refractivity contribution in [2.75, 3.05) is 0 Å². The largest absolute Gasteiger partial charge is 0.393 e. The molecule has 2 rings (SSSR count). The topological polar surface area (TPSA) is 50.9 Å². The zero-order chi connectivity index (χ0) is 12.3. The molecule has 2 aromatic rings. The van der Waals surface area contributed by atoms with Crippen LogP contribution in [0.3, 0.4) is 0 Å². The molecule has 0 bridgehead atoms. The second-order valence-corrected chi connectivity index (χ2v) is 5.18. The van der Waals surface area contributed by atoms with Crippen LogP contribution >= 0.6 is 11.3 Å². The van der Waals surface area contributed by atoms with Gasteiger partial charge in [0.2, 0.25) is 0 Å². The molecule has 0 aliphatic heterocycles. The van der Waals surface area contributed by atoms with E-state index in [1.54, 1.807) is 17.5 Å². The maximum Gasteiger partial charge on any atom is 0.108 e. The van der Waals surface area contributed by atoms with Crippen molar-refractivity contribution in [1.82, 2.24) is 14.5 Å². The summed E-state index contributed by atoms with van der Waals surface area (Å²) in [6, 6.07) is 0. The van der Waals surface area contributed by atoms with Crippen molar-refractivity contribution >= 4 is 11.3 Å². The Hall–Kier alpha value is -1.20. The first kappa shape index (κ1) is 12.3. The molecule has 5 heteroatoms. The predicted octanol–water partition coefficient (Wildman–Crippen LogP) is 1.72. The highest BCUT2D eigenvalue weighted by Crippen LogP contribution is 2.13. The van der Waals surface area contributed by atoms with Gasteiger partial charge < -0.3 is 9.67 Å². The van der Waals surface area contributed by atoms with Crippen LogP contribution in [0.5, 0.6) is 0 Å². The fourth-order valence-corrected chi connectivity index (χ4v) is 2.58. The molecule has 1 atom stereocenters. The van der Waals surface area contributed by atoms with Gasteiger partial charge in [0, 0.05) is 43.4 Å². The van der Waals surface area contributed by atoms with Crippen LogP contribution in [0.4, 0.5) is 0 Å². The van der Waals surface area contributed by atoms with Gasteiger partial charge in [0.25, 0.3) is 0 Å². The molecule has 2 heterocycles. The molecule has 92 valence electrons. The number of hydrogen-bond acceptors (Lipinski definition) is 4. The van der Waals surface area contributed by atoms with Gasteiger partial charge in [0.15, 0.2) is 0 Å². The summed E-state index contributed by atoms with van der Waals surface area (Å²) >= 11 is 1.61. The third kappa shape index (κ3) is 3.38. The van der Waals surface area contributed by atoms with Gasteiger partial charge >= 0.3 is 0 Å². The molecule has 0 amide bonds. The maximum atomic E-state index is 9.93. The lowest BCUT2D eigenvalue weighted by Crippen LogP contribution is -2.13. The first-order valence-electron chi connectivity index (χ1n) is 5.70. The Kier molecular flexibility index (Phi) is 3.91. The summed E-state index contributed by atoms with van der Waals surface area (Å²) in [4.78, 5) is 8.59. The van der Waals surface area contributed by atoms with Crippen LogP contribution in [-0.2, 0) is 19.9 Å². The maximum absolute atomic E-state index is 9.93. The highest BCUT2D eigenvalue weighted by atomic mass is 32.1. The number of aliphatic hydroxyl groups excluding tert-OH is 1. The number of thiazole rings is 1. The lowest BCUT2D eigenvalue weighted by atomic mass is 10.1. The smallest absolute Gasteiger partial charge is 0.108 e. The Morgan fingerprint density at radius 3 is 2.94 bits per heavy atom. The molecule has 0 aliphatic carbocycles. The number of aromatic nitrogens is 3. The number of aliphatic hydroxyl groups is 1. The van der Waals surface area contributed by atoms with Gasteiger partial charge in [-0.05, 0) is 13.3 Å². The first-order chi connectivity index (χ1) is 8.15. The minimum absolute atomic E-state index is 0.336. The Bertz CT molecular complexity index is 478. The summed E-state index contributed by atoms with van der Waals surface area (Å²) in [6.07, 6.45) is 5.54. The van der Waals surface area contributed by atoms with E-state index in [0.717, 1.165) is 29.4 Å². The molecule has 1 unspecified atom stereocenters. The van der Waals surface area contributed by atoms with E-state index in [0.29, 0.717) is 6.42 Å². The molecule has 17 heavy (non-hydrogen) atoms. The average Bonchev–Trinajstić information content (AvgIpc) is 2.85. The third-order valence-electron chi connectivity index (χ3n) is 2.70. The van der Waals surface area contributed by atoms with E-state index in [9.17, 15) is 5.11 Å². The van der Waals surface area contributed by atoms with Gasteiger partial charge in [-0.2, -0.15) is 0 Å².